The number of hydrogen-bond donors (Lipinski definition) is 1. The number of carbonyl (C=O) groups is 2. The second-order valence-corrected chi connectivity index (χ2v) is 6.82. The molecule has 0 unspecified atom stereocenters. The molecule has 0 spiro atoms. The molecule has 26 heavy (non-hydrogen) atoms. The van der Waals surface area contributed by atoms with Crippen molar-refractivity contribution in [2.45, 2.75) is 33.1 Å². The molecule has 1 aromatic heterocycles. The zero-order valence-electron chi connectivity index (χ0n) is 14.9. The van der Waals surface area contributed by atoms with Crippen molar-refractivity contribution in [2.24, 2.45) is 0 Å². The number of nitrogens with one attached hydrogen (secondary N) is 1. The molecule has 1 aliphatic rings. The van der Waals surface area contributed by atoms with Gasteiger partial charge in [0.1, 0.15) is 11.5 Å². The smallest absolute Gasteiger partial charge is 0.198 e. The topological polar surface area (TPSA) is 62.8 Å². The predicted octanol–water partition coefficient (Wildman–Crippen LogP) is 4.37. The minimum Gasteiger partial charge on any atom is -0.300 e. The van der Waals surface area contributed by atoms with Gasteiger partial charge < -0.3 is 0 Å². The van der Waals surface area contributed by atoms with Crippen molar-refractivity contribution in [3.8, 4) is 22.5 Å². The minimum absolute atomic E-state index is 0.0478. The molecule has 0 atom stereocenters. The summed E-state index contributed by atoms with van der Waals surface area (Å²) in [5.41, 5.74) is 6.51. The summed E-state index contributed by atoms with van der Waals surface area (Å²) in [6, 6.07) is 13.9. The van der Waals surface area contributed by atoms with Crippen LogP contribution in [0.2, 0.25) is 0 Å². The van der Waals surface area contributed by atoms with Gasteiger partial charge in [0.2, 0.25) is 0 Å². The highest BCUT2D eigenvalue weighted by Gasteiger charge is 2.34. The van der Waals surface area contributed by atoms with Gasteiger partial charge in [0.15, 0.2) is 5.78 Å². The summed E-state index contributed by atoms with van der Waals surface area (Å²) in [6.45, 7) is 3.70. The van der Waals surface area contributed by atoms with Crippen LogP contribution in [0.1, 0.15) is 47.3 Å². The molecule has 0 saturated heterocycles. The van der Waals surface area contributed by atoms with Gasteiger partial charge in [0.25, 0.3) is 0 Å². The summed E-state index contributed by atoms with van der Waals surface area (Å²) in [5.74, 6) is -0.000133. The number of H-pyrrole nitrogens is 1. The summed E-state index contributed by atoms with van der Waals surface area (Å²) in [6.07, 6.45) is 2.41. The molecular weight excluding hydrogens is 324 g/mol. The van der Waals surface area contributed by atoms with Gasteiger partial charge in [0.05, 0.1) is 11.3 Å². The molecule has 0 radical (unpaired) electrons. The maximum atomic E-state index is 13.1. The fraction of sp³-hybridized carbons (Fsp3) is 0.227. The van der Waals surface area contributed by atoms with Crippen molar-refractivity contribution < 1.29 is 9.59 Å². The van der Waals surface area contributed by atoms with E-state index >= 15 is 0 Å². The molecule has 1 aliphatic carbocycles. The minimum atomic E-state index is -0.0479. The molecule has 0 aliphatic heterocycles. The van der Waals surface area contributed by atoms with Crippen molar-refractivity contribution >= 4 is 11.6 Å². The van der Waals surface area contributed by atoms with Gasteiger partial charge in [-0.25, -0.2) is 0 Å². The maximum Gasteiger partial charge on any atom is 0.198 e. The highest BCUT2D eigenvalue weighted by Crippen LogP contribution is 2.41. The first-order chi connectivity index (χ1) is 12.6. The number of hydrogen-bond acceptors (Lipinski definition) is 3. The zero-order valence-corrected chi connectivity index (χ0v) is 14.9. The molecule has 4 nitrogen and oxygen atoms in total. The molecule has 1 N–H and O–H groups in total. The SMILES string of the molecule is CCCc1ccc(-c2n[nH]c3c2C(=O)c2c(CC(C)=O)cccc2-3)cc1. The summed E-state index contributed by atoms with van der Waals surface area (Å²) in [4.78, 5) is 24.7. The van der Waals surface area contributed by atoms with Crippen LogP contribution in [0.15, 0.2) is 42.5 Å². The number of ketones is 2. The fourth-order valence-electron chi connectivity index (χ4n) is 3.70. The Morgan fingerprint density at radius 1 is 1.08 bits per heavy atom. The average molecular weight is 344 g/mol. The first-order valence-corrected chi connectivity index (χ1v) is 8.94. The van der Waals surface area contributed by atoms with Crippen molar-refractivity contribution in [1.82, 2.24) is 10.2 Å². The van der Waals surface area contributed by atoms with Crippen molar-refractivity contribution in [3.63, 3.8) is 0 Å². The highest BCUT2D eigenvalue weighted by molar-refractivity contribution is 6.24. The van der Waals surface area contributed by atoms with Gasteiger partial charge in [-0.05, 0) is 24.5 Å². The fourth-order valence-corrected chi connectivity index (χ4v) is 3.70. The molecule has 4 rings (SSSR count). The number of nitrogens with zero attached hydrogens (tertiary/aromatic N) is 1. The zero-order chi connectivity index (χ0) is 18.3. The Balaban J connectivity index is 1.79. The number of aromatic nitrogens is 2. The van der Waals surface area contributed by atoms with Crippen LogP contribution in [0.3, 0.4) is 0 Å². The van der Waals surface area contributed by atoms with Crippen molar-refractivity contribution in [1.29, 1.82) is 0 Å². The lowest BCUT2D eigenvalue weighted by molar-refractivity contribution is -0.116. The van der Waals surface area contributed by atoms with Gasteiger partial charge in [-0.3, -0.25) is 14.7 Å². The quantitative estimate of drug-likeness (QED) is 0.585. The highest BCUT2D eigenvalue weighted by atomic mass is 16.1. The molecule has 0 amide bonds. The van der Waals surface area contributed by atoms with Crippen LogP contribution in [-0.2, 0) is 17.6 Å². The van der Waals surface area contributed by atoms with E-state index in [4.69, 9.17) is 0 Å². The largest absolute Gasteiger partial charge is 0.300 e. The van der Waals surface area contributed by atoms with E-state index in [2.05, 4.69) is 29.3 Å². The lowest BCUT2D eigenvalue weighted by Crippen LogP contribution is -2.06. The lowest BCUT2D eigenvalue weighted by atomic mass is 9.97. The van der Waals surface area contributed by atoms with E-state index in [1.54, 1.807) is 6.92 Å². The molecule has 0 fully saturated rings. The van der Waals surface area contributed by atoms with Crippen LogP contribution < -0.4 is 0 Å². The number of aromatic amines is 1. The summed E-state index contributed by atoms with van der Waals surface area (Å²) >= 11 is 0. The summed E-state index contributed by atoms with van der Waals surface area (Å²) in [7, 11) is 0. The Morgan fingerprint density at radius 2 is 1.85 bits per heavy atom. The first-order valence-electron chi connectivity index (χ1n) is 8.94. The van der Waals surface area contributed by atoms with Crippen LogP contribution in [0, 0.1) is 0 Å². The van der Waals surface area contributed by atoms with Crippen molar-refractivity contribution in [2.75, 3.05) is 0 Å². The average Bonchev–Trinajstić information content (AvgIpc) is 3.17. The Kier molecular flexibility index (Phi) is 4.03. The molecule has 130 valence electrons. The van der Waals surface area contributed by atoms with E-state index in [-0.39, 0.29) is 18.0 Å². The van der Waals surface area contributed by atoms with Crippen molar-refractivity contribution in [3.05, 3.63) is 64.7 Å². The lowest BCUT2D eigenvalue weighted by Gasteiger charge is -2.06. The molecule has 2 aromatic carbocycles. The second kappa shape index (κ2) is 6.37. The maximum absolute atomic E-state index is 13.1. The van der Waals surface area contributed by atoms with Gasteiger partial charge in [0, 0.05) is 23.1 Å². The van der Waals surface area contributed by atoms with E-state index in [1.807, 2.05) is 30.3 Å². The number of aryl methyl sites for hydroxylation is 1. The number of Topliss-reactive ketones (excluding diaryl/α,β-unsaturated/α-hetero) is 1. The normalized spacial score (nSPS) is 12.2. The predicted molar refractivity (Wildman–Crippen MR) is 101 cm³/mol. The number of fused-ring (bicyclic) bond motifs is 3. The molecule has 3 aromatic rings. The molecule has 4 heteroatoms. The van der Waals surface area contributed by atoms with Crippen LogP contribution in [0.5, 0.6) is 0 Å². The van der Waals surface area contributed by atoms with Gasteiger partial charge in [-0.15, -0.1) is 0 Å². The van der Waals surface area contributed by atoms with E-state index in [0.717, 1.165) is 35.2 Å². The molecule has 0 saturated carbocycles. The molecule has 1 heterocycles. The van der Waals surface area contributed by atoms with Crippen LogP contribution >= 0.6 is 0 Å². The Morgan fingerprint density at radius 3 is 2.54 bits per heavy atom. The van der Waals surface area contributed by atoms with Gasteiger partial charge in [-0.1, -0.05) is 55.8 Å². The van der Waals surface area contributed by atoms with Crippen LogP contribution in [0.25, 0.3) is 22.5 Å². The standard InChI is InChI=1S/C22H20N2O2/c1-3-5-14-8-10-15(11-9-14)20-19-21(24-23-20)17-7-4-6-16(12-13(2)25)18(17)22(19)26/h4,6-11H,3,5,12H2,1-2H3,(H,23,24). The van der Waals surface area contributed by atoms with Gasteiger partial charge >= 0.3 is 0 Å². The van der Waals surface area contributed by atoms with E-state index in [9.17, 15) is 9.59 Å². The number of carbonyl (C=O) groups excluding carboxylic acids is 2. The van der Waals surface area contributed by atoms with Gasteiger partial charge in [-0.2, -0.15) is 5.10 Å². The first kappa shape index (κ1) is 16.5. The monoisotopic (exact) mass is 344 g/mol. The Bertz CT molecular complexity index is 1010. The third kappa shape index (κ3) is 2.58. The van der Waals surface area contributed by atoms with Crippen LogP contribution in [0.4, 0.5) is 0 Å². The molecule has 0 bridgehead atoms. The number of benzene rings is 2. The molecular formula is C22H20N2O2. The summed E-state index contributed by atoms with van der Waals surface area (Å²) in [5, 5.41) is 7.45. The van der Waals surface area contributed by atoms with E-state index < -0.39 is 0 Å². The Labute approximate surface area is 152 Å². The third-order valence-electron chi connectivity index (χ3n) is 4.85. The summed E-state index contributed by atoms with van der Waals surface area (Å²) < 4.78 is 0. The van der Waals surface area contributed by atoms with Crippen LogP contribution in [-0.4, -0.2) is 21.8 Å². The third-order valence-corrected chi connectivity index (χ3v) is 4.85. The van der Waals surface area contributed by atoms with E-state index in [1.165, 1.54) is 5.56 Å². The van der Waals surface area contributed by atoms with E-state index in [0.29, 0.717) is 16.8 Å². The Hall–Kier alpha value is -3.01. The number of rotatable bonds is 5. The second-order valence-electron chi connectivity index (χ2n) is 6.82.